The number of fused-ring (bicyclic) bond motifs is 2. The molecule has 0 saturated carbocycles. The highest BCUT2D eigenvalue weighted by atomic mass is 19.1. The maximum absolute atomic E-state index is 13.7. The van der Waals surface area contributed by atoms with E-state index in [4.69, 9.17) is 5.73 Å². The van der Waals surface area contributed by atoms with E-state index in [2.05, 4.69) is 47.8 Å². The van der Waals surface area contributed by atoms with Gasteiger partial charge in [0.15, 0.2) is 0 Å². The molecule has 3 nitrogen and oxygen atoms in total. The molecule has 128 valence electrons. The molecule has 25 heavy (non-hydrogen) atoms. The van der Waals surface area contributed by atoms with Gasteiger partial charge in [0.2, 0.25) is 0 Å². The van der Waals surface area contributed by atoms with Crippen LogP contribution in [0.25, 0.3) is 21.8 Å². The van der Waals surface area contributed by atoms with Gasteiger partial charge in [-0.05, 0) is 55.3 Å². The van der Waals surface area contributed by atoms with Crippen molar-refractivity contribution in [3.8, 4) is 0 Å². The summed E-state index contributed by atoms with van der Waals surface area (Å²) in [5.74, 6) is -0.0782. The molecule has 3 N–H and O–H groups in total. The molecular weight excluding hydrogens is 313 g/mol. The Labute approximate surface area is 146 Å². The summed E-state index contributed by atoms with van der Waals surface area (Å²) in [7, 11) is 2.10. The second-order valence-electron chi connectivity index (χ2n) is 6.71. The lowest BCUT2D eigenvalue weighted by molar-refractivity contribution is 0.629. The van der Waals surface area contributed by atoms with Gasteiger partial charge in [-0.15, -0.1) is 0 Å². The molecule has 4 aromatic rings. The zero-order valence-corrected chi connectivity index (χ0v) is 14.5. The van der Waals surface area contributed by atoms with Crippen molar-refractivity contribution in [1.29, 1.82) is 0 Å². The number of aromatic amines is 1. The summed E-state index contributed by atoms with van der Waals surface area (Å²) in [6, 6.07) is 13.3. The minimum atomic E-state index is -0.217. The number of nitrogens with zero attached hydrogens (tertiary/aromatic N) is 1. The average Bonchev–Trinajstić information content (AvgIpc) is 3.14. The van der Waals surface area contributed by atoms with E-state index in [-0.39, 0.29) is 11.7 Å². The normalized spacial score (nSPS) is 13.0. The molecule has 1 unspecified atom stereocenters. The number of aromatic nitrogens is 2. The standard InChI is InChI=1S/C21H22FN3/c1-13-17(16-5-3-4-6-21(16)25(13)2)9-14(11-23)19-12-24-20-8-7-15(22)10-18(19)20/h3-8,10,12,14,24H,9,11,23H2,1-2H3. The number of halogens is 1. The Hall–Kier alpha value is -2.59. The lowest BCUT2D eigenvalue weighted by Gasteiger charge is -2.15. The van der Waals surface area contributed by atoms with E-state index < -0.39 is 0 Å². The first-order chi connectivity index (χ1) is 12.1. The number of aryl methyl sites for hydroxylation is 1. The highest BCUT2D eigenvalue weighted by Gasteiger charge is 2.20. The van der Waals surface area contributed by atoms with Crippen LogP contribution in [0.15, 0.2) is 48.7 Å². The third-order valence-electron chi connectivity index (χ3n) is 5.38. The van der Waals surface area contributed by atoms with Crippen molar-refractivity contribution >= 4 is 21.8 Å². The van der Waals surface area contributed by atoms with Crippen molar-refractivity contribution in [3.63, 3.8) is 0 Å². The topological polar surface area (TPSA) is 46.7 Å². The predicted octanol–water partition coefficient (Wildman–Crippen LogP) is 4.39. The van der Waals surface area contributed by atoms with Crippen LogP contribution >= 0.6 is 0 Å². The SMILES string of the molecule is Cc1c(CC(CN)c2c[nH]c3ccc(F)cc23)c2ccccc2n1C. The van der Waals surface area contributed by atoms with E-state index in [1.54, 1.807) is 12.1 Å². The van der Waals surface area contributed by atoms with Crippen LogP contribution in [-0.2, 0) is 13.5 Å². The van der Waals surface area contributed by atoms with Gasteiger partial charge in [-0.25, -0.2) is 4.39 Å². The van der Waals surface area contributed by atoms with E-state index in [0.717, 1.165) is 22.9 Å². The summed E-state index contributed by atoms with van der Waals surface area (Å²) in [6.45, 7) is 2.67. The molecule has 0 amide bonds. The summed E-state index contributed by atoms with van der Waals surface area (Å²) in [6.07, 6.45) is 2.81. The zero-order valence-electron chi connectivity index (χ0n) is 14.5. The van der Waals surface area contributed by atoms with Gasteiger partial charge in [-0.3, -0.25) is 0 Å². The van der Waals surface area contributed by atoms with E-state index in [1.165, 1.54) is 28.2 Å². The van der Waals surface area contributed by atoms with Gasteiger partial charge in [0.25, 0.3) is 0 Å². The Morgan fingerprint density at radius 2 is 1.96 bits per heavy atom. The zero-order chi connectivity index (χ0) is 17.6. The van der Waals surface area contributed by atoms with Crippen molar-refractivity contribution in [3.05, 3.63) is 71.3 Å². The number of nitrogens with one attached hydrogen (secondary N) is 1. The molecule has 0 bridgehead atoms. The largest absolute Gasteiger partial charge is 0.361 e. The fourth-order valence-corrected chi connectivity index (χ4v) is 3.88. The molecule has 2 aromatic heterocycles. The maximum Gasteiger partial charge on any atom is 0.123 e. The molecule has 2 heterocycles. The molecule has 0 radical (unpaired) electrons. The number of hydrogen-bond acceptors (Lipinski definition) is 1. The molecule has 4 heteroatoms. The number of para-hydroxylation sites is 1. The lowest BCUT2D eigenvalue weighted by atomic mass is 9.90. The molecule has 0 aliphatic rings. The first kappa shape index (κ1) is 15.9. The van der Waals surface area contributed by atoms with Crippen LogP contribution in [0.2, 0.25) is 0 Å². The quantitative estimate of drug-likeness (QED) is 0.571. The smallest absolute Gasteiger partial charge is 0.123 e. The average molecular weight is 335 g/mol. The Morgan fingerprint density at radius 1 is 1.16 bits per heavy atom. The number of rotatable bonds is 4. The molecule has 0 saturated heterocycles. The van der Waals surface area contributed by atoms with Crippen LogP contribution in [0, 0.1) is 12.7 Å². The summed E-state index contributed by atoms with van der Waals surface area (Å²) < 4.78 is 15.9. The third-order valence-corrected chi connectivity index (χ3v) is 5.38. The number of hydrogen-bond donors (Lipinski definition) is 2. The third kappa shape index (κ3) is 2.53. The van der Waals surface area contributed by atoms with E-state index in [1.807, 2.05) is 6.20 Å². The fraction of sp³-hybridized carbons (Fsp3) is 0.238. The highest BCUT2D eigenvalue weighted by Crippen LogP contribution is 2.33. The van der Waals surface area contributed by atoms with Crippen LogP contribution in [-0.4, -0.2) is 16.1 Å². The summed E-state index contributed by atoms with van der Waals surface area (Å²) in [5, 5.41) is 2.19. The van der Waals surface area contributed by atoms with Gasteiger partial charge < -0.3 is 15.3 Å². The number of benzene rings is 2. The Bertz CT molecular complexity index is 1060. The van der Waals surface area contributed by atoms with Crippen LogP contribution < -0.4 is 5.73 Å². The first-order valence-electron chi connectivity index (χ1n) is 8.59. The Balaban J connectivity index is 1.81. The van der Waals surface area contributed by atoms with Crippen molar-refractivity contribution in [2.45, 2.75) is 19.3 Å². The van der Waals surface area contributed by atoms with E-state index in [0.29, 0.717) is 6.54 Å². The molecule has 0 fully saturated rings. The van der Waals surface area contributed by atoms with Gasteiger partial charge >= 0.3 is 0 Å². The monoisotopic (exact) mass is 335 g/mol. The molecule has 2 aromatic carbocycles. The van der Waals surface area contributed by atoms with Crippen molar-refractivity contribution in [2.75, 3.05) is 6.54 Å². The van der Waals surface area contributed by atoms with Gasteiger partial charge in [-0.1, -0.05) is 18.2 Å². The fourth-order valence-electron chi connectivity index (χ4n) is 3.88. The minimum absolute atomic E-state index is 0.139. The molecule has 1 atom stereocenters. The van der Waals surface area contributed by atoms with E-state index in [9.17, 15) is 4.39 Å². The van der Waals surface area contributed by atoms with Crippen molar-refractivity contribution in [1.82, 2.24) is 9.55 Å². The molecule has 0 aliphatic heterocycles. The van der Waals surface area contributed by atoms with Crippen LogP contribution in [0.4, 0.5) is 4.39 Å². The van der Waals surface area contributed by atoms with Crippen LogP contribution in [0.5, 0.6) is 0 Å². The minimum Gasteiger partial charge on any atom is -0.361 e. The highest BCUT2D eigenvalue weighted by molar-refractivity contribution is 5.86. The van der Waals surface area contributed by atoms with E-state index >= 15 is 0 Å². The van der Waals surface area contributed by atoms with Crippen LogP contribution in [0.3, 0.4) is 0 Å². The summed E-state index contributed by atoms with van der Waals surface area (Å²) in [4.78, 5) is 3.25. The van der Waals surface area contributed by atoms with Gasteiger partial charge in [0, 0.05) is 46.7 Å². The van der Waals surface area contributed by atoms with Crippen molar-refractivity contribution in [2.24, 2.45) is 12.8 Å². The van der Waals surface area contributed by atoms with Crippen molar-refractivity contribution < 1.29 is 4.39 Å². The first-order valence-corrected chi connectivity index (χ1v) is 8.59. The Morgan fingerprint density at radius 3 is 2.76 bits per heavy atom. The van der Waals surface area contributed by atoms with Gasteiger partial charge in [-0.2, -0.15) is 0 Å². The summed E-state index contributed by atoms with van der Waals surface area (Å²) >= 11 is 0. The van der Waals surface area contributed by atoms with Gasteiger partial charge in [0.1, 0.15) is 5.82 Å². The summed E-state index contributed by atoms with van der Waals surface area (Å²) in [5.41, 5.74) is 12.0. The van der Waals surface area contributed by atoms with Crippen LogP contribution in [0.1, 0.15) is 22.7 Å². The molecule has 0 aliphatic carbocycles. The lowest BCUT2D eigenvalue weighted by Crippen LogP contribution is -2.15. The molecular formula is C21H22FN3. The Kier molecular flexibility index (Phi) is 3.85. The van der Waals surface area contributed by atoms with Gasteiger partial charge in [0.05, 0.1) is 0 Å². The number of H-pyrrole nitrogens is 1. The predicted molar refractivity (Wildman–Crippen MR) is 101 cm³/mol. The second kappa shape index (κ2) is 6.05. The maximum atomic E-state index is 13.7. The number of nitrogens with two attached hydrogens (primary N) is 1. The molecule has 4 rings (SSSR count). The second-order valence-corrected chi connectivity index (χ2v) is 6.71. The molecule has 0 spiro atoms.